The molecule has 402 valence electrons. The van der Waals surface area contributed by atoms with Crippen molar-refractivity contribution >= 4 is 120 Å². The number of halogens is 3. The number of nitrogens with zero attached hydrogens (tertiary/aromatic N) is 6. The Morgan fingerprint density at radius 3 is 0.833 bits per heavy atom. The van der Waals surface area contributed by atoms with E-state index in [0.29, 0.717) is 50.8 Å². The Morgan fingerprint density at radius 2 is 0.628 bits per heavy atom. The summed E-state index contributed by atoms with van der Waals surface area (Å²) in [7, 11) is 5.49. The summed E-state index contributed by atoms with van der Waals surface area (Å²) in [4.78, 5) is 78.0. The summed E-state index contributed by atoms with van der Waals surface area (Å²) >= 11 is 19.8. The number of esters is 6. The number of benzene rings is 4. The van der Waals surface area contributed by atoms with Gasteiger partial charge in [0.05, 0.1) is 54.7 Å². The van der Waals surface area contributed by atoms with Crippen LogP contribution in [0.25, 0.3) is 15.1 Å². The molecule has 0 aromatic heterocycles. The van der Waals surface area contributed by atoms with E-state index in [1.54, 1.807) is 72.8 Å². The molecule has 18 nitrogen and oxygen atoms in total. The normalized spacial score (nSPS) is 11.4. The standard InChI is InChI=1S/C57H51Cl3N6O12/c1-7-49(67)73-25-10-28-76-55(70)46(34-61)52(58)37-13-19-40(20-14-37)64(4)43-31-44(65(5)41-21-15-38(16-22-41)53(59)47(35-62)56(71)77-29-11-26-74-50(68)8-2)33-45(32-43)66(6)42-23-17-39(18-24-42)54(60)48(36-63)57(72)78-30-12-27-75-51(69)9-3/h7-9,13-24,31-33H,1-3,10-12,25-30H2,4-6H3/b52-46-,53-47-,54-48-. The molecule has 0 spiro atoms. The highest BCUT2D eigenvalue weighted by molar-refractivity contribution is 6.52. The van der Waals surface area contributed by atoms with Gasteiger partial charge in [-0.25, -0.2) is 28.8 Å². The lowest BCUT2D eigenvalue weighted by Crippen LogP contribution is -2.16. The number of hydrogen-bond acceptors (Lipinski definition) is 18. The van der Waals surface area contributed by atoms with Crippen LogP contribution in [0.15, 0.2) is 146 Å². The SMILES string of the molecule is C=CC(=O)OCCCOC(=O)/C(C#N)=C(\Cl)c1ccc(N(C)c2cc(N(C)c3ccc(/C(Cl)=C(\C#N)C(=O)OCCCOC(=O)C=C)cc3)cc(N(C)c3ccc(/C(Cl)=C(\C#N)C(=O)OCCCOC(=O)C=C)cc3)c2)cc1. The molecule has 4 rings (SSSR count). The molecule has 0 heterocycles. The quantitative estimate of drug-likeness (QED) is 0.0177. The Hall–Kier alpha value is -9.12. The molecule has 0 aliphatic rings. The topological polar surface area (TPSA) is 239 Å². The van der Waals surface area contributed by atoms with Crippen molar-refractivity contribution in [3.8, 4) is 18.2 Å². The molecule has 0 saturated heterocycles. The van der Waals surface area contributed by atoms with E-state index in [-0.39, 0.29) is 74.0 Å². The fraction of sp³-hybridized carbons (Fsp3) is 0.211. The Bertz CT molecular complexity index is 2790. The van der Waals surface area contributed by atoms with Crippen LogP contribution in [0.4, 0.5) is 34.1 Å². The van der Waals surface area contributed by atoms with Crippen molar-refractivity contribution in [1.29, 1.82) is 15.8 Å². The smallest absolute Gasteiger partial charge is 0.350 e. The summed E-state index contributed by atoms with van der Waals surface area (Å²) < 4.78 is 30.2. The van der Waals surface area contributed by atoms with Gasteiger partial charge in [-0.1, -0.05) is 90.9 Å². The first-order valence-corrected chi connectivity index (χ1v) is 24.5. The molecule has 0 aliphatic carbocycles. The van der Waals surface area contributed by atoms with Crippen LogP contribution in [0.5, 0.6) is 0 Å². The van der Waals surface area contributed by atoms with Crippen LogP contribution < -0.4 is 14.7 Å². The third kappa shape index (κ3) is 17.5. The molecule has 0 radical (unpaired) electrons. The monoisotopic (exact) mass is 1120 g/mol. The number of rotatable bonds is 27. The van der Waals surface area contributed by atoms with Crippen molar-refractivity contribution < 1.29 is 57.2 Å². The van der Waals surface area contributed by atoms with Gasteiger partial charge in [0.25, 0.3) is 0 Å². The first kappa shape index (κ1) is 61.4. The van der Waals surface area contributed by atoms with Crippen molar-refractivity contribution in [2.24, 2.45) is 0 Å². The van der Waals surface area contributed by atoms with E-state index >= 15 is 0 Å². The molecule has 4 aromatic carbocycles. The Kier molecular flexibility index (Phi) is 24.5. The Morgan fingerprint density at radius 1 is 0.410 bits per heavy atom. The molecule has 0 saturated carbocycles. The van der Waals surface area contributed by atoms with Crippen LogP contribution in [-0.2, 0) is 57.2 Å². The molecular weight excluding hydrogens is 1070 g/mol. The largest absolute Gasteiger partial charge is 0.462 e. The summed E-state index contributed by atoms with van der Waals surface area (Å²) in [5.74, 6) is -4.71. The van der Waals surface area contributed by atoms with Crippen LogP contribution in [0.2, 0.25) is 0 Å². The molecule has 21 heteroatoms. The van der Waals surface area contributed by atoms with Crippen LogP contribution >= 0.6 is 34.8 Å². The zero-order valence-corrected chi connectivity index (χ0v) is 44.9. The van der Waals surface area contributed by atoms with Crippen molar-refractivity contribution in [3.05, 3.63) is 162 Å². The van der Waals surface area contributed by atoms with E-state index in [9.17, 15) is 44.6 Å². The second-order valence-corrected chi connectivity index (χ2v) is 17.1. The highest BCUT2D eigenvalue weighted by Crippen LogP contribution is 2.39. The highest BCUT2D eigenvalue weighted by atomic mass is 35.5. The number of ether oxygens (including phenoxy) is 6. The molecular formula is C57H51Cl3N6O12. The highest BCUT2D eigenvalue weighted by Gasteiger charge is 2.22. The van der Waals surface area contributed by atoms with Crippen molar-refractivity contribution in [2.45, 2.75) is 19.3 Å². The summed E-state index contributed by atoms with van der Waals surface area (Å²) in [6, 6.07) is 31.5. The summed E-state index contributed by atoms with van der Waals surface area (Å²) in [5.41, 5.74) is 3.91. The molecule has 0 amide bonds. The molecule has 0 bridgehead atoms. The second kappa shape index (κ2) is 31.1. The lowest BCUT2D eigenvalue weighted by Gasteiger charge is -2.28. The zero-order chi connectivity index (χ0) is 57.3. The minimum absolute atomic E-state index is 0.0211. The summed E-state index contributed by atoms with van der Waals surface area (Å²) in [6.45, 7) is 9.49. The number of nitriles is 3. The molecule has 0 unspecified atom stereocenters. The molecule has 0 N–H and O–H groups in total. The fourth-order valence-corrected chi connectivity index (χ4v) is 7.41. The molecule has 0 atom stereocenters. The van der Waals surface area contributed by atoms with E-state index in [1.165, 1.54) is 0 Å². The first-order chi connectivity index (χ1) is 37.4. The number of carbonyl (C=O) groups is 6. The molecule has 0 fully saturated rings. The van der Waals surface area contributed by atoms with Gasteiger partial charge in [-0.3, -0.25) is 0 Å². The Balaban J connectivity index is 1.67. The number of hydrogen-bond donors (Lipinski definition) is 0. The number of carbonyl (C=O) groups excluding carboxylic acids is 6. The van der Waals surface area contributed by atoms with Gasteiger partial charge in [0, 0.05) is 92.8 Å². The average Bonchev–Trinajstić information content (AvgIpc) is 3.47. The van der Waals surface area contributed by atoms with Gasteiger partial charge in [-0.15, -0.1) is 0 Å². The average molecular weight is 1120 g/mol. The fourth-order valence-electron chi connectivity index (χ4n) is 6.67. The molecule has 78 heavy (non-hydrogen) atoms. The lowest BCUT2D eigenvalue weighted by molar-refractivity contribution is -0.142. The van der Waals surface area contributed by atoms with Gasteiger partial charge in [0.2, 0.25) is 0 Å². The van der Waals surface area contributed by atoms with E-state index < -0.39 is 52.5 Å². The van der Waals surface area contributed by atoms with Gasteiger partial charge in [0.15, 0.2) is 16.7 Å². The van der Waals surface area contributed by atoms with Crippen LogP contribution in [-0.4, -0.2) is 96.6 Å². The van der Waals surface area contributed by atoms with Crippen molar-refractivity contribution in [3.63, 3.8) is 0 Å². The van der Waals surface area contributed by atoms with E-state index in [0.717, 1.165) is 18.2 Å². The predicted octanol–water partition coefficient (Wildman–Crippen LogP) is 10.4. The van der Waals surface area contributed by atoms with Crippen LogP contribution in [0, 0.1) is 34.0 Å². The third-order valence-electron chi connectivity index (χ3n) is 11.0. The summed E-state index contributed by atoms with van der Waals surface area (Å²) in [6.07, 6.45) is 3.58. The van der Waals surface area contributed by atoms with Gasteiger partial charge < -0.3 is 43.1 Å². The first-order valence-electron chi connectivity index (χ1n) is 23.4. The van der Waals surface area contributed by atoms with Gasteiger partial charge >= 0.3 is 35.8 Å². The van der Waals surface area contributed by atoms with E-state index in [1.807, 2.05) is 72.2 Å². The maximum atomic E-state index is 12.8. The van der Waals surface area contributed by atoms with Gasteiger partial charge in [-0.05, 0) is 71.3 Å². The lowest BCUT2D eigenvalue weighted by atomic mass is 10.1. The zero-order valence-electron chi connectivity index (χ0n) is 42.6. The van der Waals surface area contributed by atoms with E-state index in [4.69, 9.17) is 63.2 Å². The van der Waals surface area contributed by atoms with Crippen molar-refractivity contribution in [2.75, 3.05) is 75.5 Å². The summed E-state index contributed by atoms with van der Waals surface area (Å²) in [5, 5.41) is 29.1. The third-order valence-corrected chi connectivity index (χ3v) is 12.2. The van der Waals surface area contributed by atoms with Gasteiger partial charge in [0.1, 0.15) is 18.2 Å². The van der Waals surface area contributed by atoms with Gasteiger partial charge in [-0.2, -0.15) is 15.8 Å². The number of anilines is 6. The minimum atomic E-state index is -0.948. The minimum Gasteiger partial charge on any atom is -0.462 e. The maximum Gasteiger partial charge on any atom is 0.350 e. The van der Waals surface area contributed by atoms with Crippen LogP contribution in [0.1, 0.15) is 36.0 Å². The molecule has 4 aromatic rings. The maximum absolute atomic E-state index is 12.8. The van der Waals surface area contributed by atoms with E-state index in [2.05, 4.69) is 19.7 Å². The second-order valence-electron chi connectivity index (χ2n) is 16.0. The van der Waals surface area contributed by atoms with Crippen molar-refractivity contribution in [1.82, 2.24) is 0 Å². The Labute approximate surface area is 466 Å². The molecule has 0 aliphatic heterocycles. The van der Waals surface area contributed by atoms with Crippen LogP contribution in [0.3, 0.4) is 0 Å². The predicted molar refractivity (Wildman–Crippen MR) is 295 cm³/mol.